The molecule has 0 aliphatic heterocycles. The molecule has 0 unspecified atom stereocenters. The Bertz CT molecular complexity index is 508. The molecule has 90 valence electrons. The lowest BCUT2D eigenvalue weighted by Gasteiger charge is -2.06. The van der Waals surface area contributed by atoms with Crippen LogP contribution in [0.4, 0.5) is 5.69 Å². The van der Waals surface area contributed by atoms with Gasteiger partial charge in [0.1, 0.15) is 6.61 Å². The topological polar surface area (TPSA) is 74.2 Å². The van der Waals surface area contributed by atoms with E-state index in [9.17, 15) is 0 Å². The molecule has 0 saturated heterocycles. The van der Waals surface area contributed by atoms with Gasteiger partial charge in [-0.15, -0.1) is 0 Å². The van der Waals surface area contributed by atoms with Crippen LogP contribution in [0.5, 0.6) is 0 Å². The number of hydrogen-bond acceptors (Lipinski definition) is 5. The number of aryl methyl sites for hydroxylation is 2. The van der Waals surface area contributed by atoms with Crippen molar-refractivity contribution in [2.45, 2.75) is 27.1 Å². The number of rotatable bonds is 4. The van der Waals surface area contributed by atoms with Crippen LogP contribution >= 0.6 is 0 Å². The van der Waals surface area contributed by atoms with E-state index in [1.165, 1.54) is 0 Å². The summed E-state index contributed by atoms with van der Waals surface area (Å²) in [5.41, 5.74) is 8.66. The molecule has 0 amide bonds. The predicted molar refractivity (Wildman–Crippen MR) is 63.1 cm³/mol. The molecule has 1 aromatic heterocycles. The minimum atomic E-state index is 0.324. The van der Waals surface area contributed by atoms with Crippen LogP contribution < -0.4 is 5.73 Å². The third-order valence-corrected chi connectivity index (χ3v) is 2.42. The van der Waals surface area contributed by atoms with Gasteiger partial charge in [-0.1, -0.05) is 11.2 Å². The molecule has 0 aliphatic rings. The largest absolute Gasteiger partial charge is 0.399 e. The van der Waals surface area contributed by atoms with Gasteiger partial charge >= 0.3 is 0 Å². The second kappa shape index (κ2) is 4.97. The van der Waals surface area contributed by atoms with Crippen LogP contribution in [0.3, 0.4) is 0 Å². The summed E-state index contributed by atoms with van der Waals surface area (Å²) >= 11 is 0. The standard InChI is InChI=1S/C12H15N3O2/c1-8-5-11(13)4-3-10(8)6-16-7-12-14-9(2)15-17-12/h3-5H,6-7,13H2,1-2H3. The fourth-order valence-corrected chi connectivity index (χ4v) is 1.53. The smallest absolute Gasteiger partial charge is 0.252 e. The average Bonchev–Trinajstić information content (AvgIpc) is 2.68. The van der Waals surface area contributed by atoms with Gasteiger partial charge in [-0.25, -0.2) is 0 Å². The van der Waals surface area contributed by atoms with Crippen molar-refractivity contribution in [3.05, 3.63) is 41.0 Å². The minimum absolute atomic E-state index is 0.324. The highest BCUT2D eigenvalue weighted by Crippen LogP contribution is 2.14. The quantitative estimate of drug-likeness (QED) is 0.817. The summed E-state index contributed by atoms with van der Waals surface area (Å²) in [6, 6.07) is 5.75. The van der Waals surface area contributed by atoms with E-state index in [4.69, 9.17) is 15.0 Å². The van der Waals surface area contributed by atoms with Crippen molar-refractivity contribution < 1.29 is 9.26 Å². The highest BCUT2D eigenvalue weighted by molar-refractivity contribution is 5.43. The Morgan fingerprint density at radius 2 is 2.12 bits per heavy atom. The van der Waals surface area contributed by atoms with Crippen LogP contribution in [0.2, 0.25) is 0 Å². The molecule has 0 aliphatic carbocycles. The summed E-state index contributed by atoms with van der Waals surface area (Å²) in [4.78, 5) is 4.06. The Labute approximate surface area is 99.6 Å². The fourth-order valence-electron chi connectivity index (χ4n) is 1.53. The van der Waals surface area contributed by atoms with Crippen molar-refractivity contribution in [2.75, 3.05) is 5.73 Å². The Balaban J connectivity index is 1.90. The van der Waals surface area contributed by atoms with Crippen LogP contribution in [0.1, 0.15) is 22.8 Å². The summed E-state index contributed by atoms with van der Waals surface area (Å²) in [7, 11) is 0. The molecule has 0 bridgehead atoms. The molecule has 0 spiro atoms. The van der Waals surface area contributed by atoms with Gasteiger partial charge in [0.05, 0.1) is 6.61 Å². The zero-order chi connectivity index (χ0) is 12.3. The van der Waals surface area contributed by atoms with E-state index >= 15 is 0 Å². The molecule has 2 rings (SSSR count). The minimum Gasteiger partial charge on any atom is -0.399 e. The Kier molecular flexibility index (Phi) is 3.39. The molecule has 0 saturated carbocycles. The molecule has 0 fully saturated rings. The van der Waals surface area contributed by atoms with Gasteiger partial charge in [0.25, 0.3) is 5.89 Å². The maximum absolute atomic E-state index is 5.68. The highest BCUT2D eigenvalue weighted by Gasteiger charge is 2.04. The zero-order valence-electron chi connectivity index (χ0n) is 9.93. The predicted octanol–water partition coefficient (Wildman–Crippen LogP) is 1.99. The lowest BCUT2D eigenvalue weighted by atomic mass is 10.1. The maximum atomic E-state index is 5.68. The second-order valence-electron chi connectivity index (χ2n) is 3.91. The molecular weight excluding hydrogens is 218 g/mol. The van der Waals surface area contributed by atoms with Crippen LogP contribution in [0.25, 0.3) is 0 Å². The summed E-state index contributed by atoms with van der Waals surface area (Å²) in [6.07, 6.45) is 0. The SMILES string of the molecule is Cc1noc(COCc2ccc(N)cc2C)n1. The van der Waals surface area contributed by atoms with E-state index in [2.05, 4.69) is 10.1 Å². The molecule has 5 nitrogen and oxygen atoms in total. The lowest BCUT2D eigenvalue weighted by molar-refractivity contribution is 0.0847. The Morgan fingerprint density at radius 1 is 1.29 bits per heavy atom. The molecule has 5 heteroatoms. The number of nitrogens with two attached hydrogens (primary N) is 1. The summed E-state index contributed by atoms with van der Waals surface area (Å²) < 4.78 is 10.4. The van der Waals surface area contributed by atoms with Gasteiger partial charge in [-0.3, -0.25) is 0 Å². The average molecular weight is 233 g/mol. The van der Waals surface area contributed by atoms with E-state index in [0.717, 1.165) is 16.8 Å². The Hall–Kier alpha value is -1.88. The molecule has 1 heterocycles. The molecule has 2 aromatic rings. The third kappa shape index (κ3) is 3.04. The fraction of sp³-hybridized carbons (Fsp3) is 0.333. The van der Waals surface area contributed by atoms with Gasteiger partial charge in [0, 0.05) is 5.69 Å². The summed E-state index contributed by atoms with van der Waals surface area (Å²) in [6.45, 7) is 4.61. The van der Waals surface area contributed by atoms with E-state index in [0.29, 0.717) is 24.9 Å². The number of ether oxygens (including phenoxy) is 1. The van der Waals surface area contributed by atoms with Crippen molar-refractivity contribution in [3.8, 4) is 0 Å². The van der Waals surface area contributed by atoms with Crippen LogP contribution in [0, 0.1) is 13.8 Å². The van der Waals surface area contributed by atoms with Crippen molar-refractivity contribution in [2.24, 2.45) is 0 Å². The number of anilines is 1. The maximum Gasteiger partial charge on any atom is 0.252 e. The Morgan fingerprint density at radius 3 is 2.76 bits per heavy atom. The van der Waals surface area contributed by atoms with E-state index in [1.54, 1.807) is 6.92 Å². The first kappa shape index (κ1) is 11.6. The van der Waals surface area contributed by atoms with Crippen molar-refractivity contribution >= 4 is 5.69 Å². The van der Waals surface area contributed by atoms with Crippen molar-refractivity contribution in [1.29, 1.82) is 0 Å². The molecule has 0 radical (unpaired) electrons. The van der Waals surface area contributed by atoms with E-state index in [1.807, 2.05) is 25.1 Å². The van der Waals surface area contributed by atoms with Gasteiger partial charge in [-0.2, -0.15) is 4.98 Å². The molecular formula is C12H15N3O2. The van der Waals surface area contributed by atoms with Gasteiger partial charge in [-0.05, 0) is 37.1 Å². The van der Waals surface area contributed by atoms with Gasteiger partial charge < -0.3 is 15.0 Å². The normalized spacial score (nSPS) is 10.7. The first-order chi connectivity index (χ1) is 8.15. The highest BCUT2D eigenvalue weighted by atomic mass is 16.5. The number of nitrogen functional groups attached to an aromatic ring is 1. The molecule has 1 aromatic carbocycles. The summed E-state index contributed by atoms with van der Waals surface area (Å²) in [5, 5.41) is 3.69. The van der Waals surface area contributed by atoms with Gasteiger partial charge in [0.2, 0.25) is 0 Å². The first-order valence-electron chi connectivity index (χ1n) is 5.37. The number of benzene rings is 1. The van der Waals surface area contributed by atoms with Crippen molar-refractivity contribution in [1.82, 2.24) is 10.1 Å². The first-order valence-corrected chi connectivity index (χ1v) is 5.37. The van der Waals surface area contributed by atoms with Gasteiger partial charge in [0.15, 0.2) is 5.82 Å². The lowest BCUT2D eigenvalue weighted by Crippen LogP contribution is -1.97. The molecule has 17 heavy (non-hydrogen) atoms. The molecule has 2 N–H and O–H groups in total. The number of aromatic nitrogens is 2. The molecule has 0 atom stereocenters. The second-order valence-corrected chi connectivity index (χ2v) is 3.91. The van der Waals surface area contributed by atoms with Crippen LogP contribution in [-0.4, -0.2) is 10.1 Å². The van der Waals surface area contributed by atoms with Crippen LogP contribution in [0.15, 0.2) is 22.7 Å². The van der Waals surface area contributed by atoms with E-state index in [-0.39, 0.29) is 0 Å². The monoisotopic (exact) mass is 233 g/mol. The zero-order valence-corrected chi connectivity index (χ0v) is 9.93. The number of hydrogen-bond donors (Lipinski definition) is 1. The van der Waals surface area contributed by atoms with E-state index < -0.39 is 0 Å². The van der Waals surface area contributed by atoms with Crippen LogP contribution in [-0.2, 0) is 18.0 Å². The van der Waals surface area contributed by atoms with Crippen molar-refractivity contribution in [3.63, 3.8) is 0 Å². The summed E-state index contributed by atoms with van der Waals surface area (Å²) in [5.74, 6) is 1.11. The third-order valence-electron chi connectivity index (χ3n) is 2.42. The number of nitrogens with zero attached hydrogens (tertiary/aromatic N) is 2.